The van der Waals surface area contributed by atoms with E-state index in [0.29, 0.717) is 0 Å². The molecular formula is C2H6ClRh. The number of hydrogen-bond acceptors (Lipinski definition) is 0. The van der Waals surface area contributed by atoms with Gasteiger partial charge in [0.1, 0.15) is 0 Å². The molecule has 0 radical (unpaired) electrons. The fourth-order valence-electron chi connectivity index (χ4n) is 0. The Bertz CT molecular complexity index is 6.00. The van der Waals surface area contributed by atoms with Crippen LogP contribution in [-0.4, -0.2) is 0 Å². The van der Waals surface area contributed by atoms with Crippen molar-refractivity contribution in [1.82, 2.24) is 0 Å². The average molecular weight is 168 g/mol. The van der Waals surface area contributed by atoms with E-state index in [2.05, 4.69) is 9.69 Å². The average Bonchev–Trinajstić information content (AvgIpc) is 1.00. The summed E-state index contributed by atoms with van der Waals surface area (Å²) >= 11 is 2.02. The summed E-state index contributed by atoms with van der Waals surface area (Å²) < 4.78 is 0. The van der Waals surface area contributed by atoms with Crippen LogP contribution in [0.15, 0.2) is 0 Å². The third-order valence-electron chi connectivity index (χ3n) is 0. The van der Waals surface area contributed by atoms with Crippen LogP contribution in [0.3, 0.4) is 0 Å². The molecule has 0 rings (SSSR count). The zero-order valence-electron chi connectivity index (χ0n) is 2.71. The van der Waals surface area contributed by atoms with E-state index in [-0.39, 0.29) is 14.9 Å². The Morgan fingerprint density at radius 3 is 1.00 bits per heavy atom. The Hall–Kier alpha value is 0.913. The summed E-state index contributed by atoms with van der Waals surface area (Å²) in [7, 11) is 4.53. The Morgan fingerprint density at radius 1 is 1.00 bits per heavy atom. The fraction of sp³-hybridized carbons (Fsp3) is 0. The van der Waals surface area contributed by atoms with Gasteiger partial charge in [0.25, 0.3) is 0 Å². The predicted octanol–water partition coefficient (Wildman–Crippen LogP) is 1.59. The molecule has 0 amide bonds. The van der Waals surface area contributed by atoms with Crippen molar-refractivity contribution in [3.05, 3.63) is 14.9 Å². The van der Waals surface area contributed by atoms with Crippen molar-refractivity contribution in [1.29, 1.82) is 0 Å². The molecule has 0 aliphatic carbocycles. The van der Waals surface area contributed by atoms with Gasteiger partial charge in [0.2, 0.25) is 0 Å². The van der Waals surface area contributed by atoms with E-state index in [4.69, 9.17) is 0 Å². The van der Waals surface area contributed by atoms with Crippen LogP contribution in [0.2, 0.25) is 0 Å². The Labute approximate surface area is 42.3 Å². The number of rotatable bonds is 0. The van der Waals surface area contributed by atoms with Gasteiger partial charge >= 0.3 is 27.0 Å². The molecule has 0 heterocycles. The molecule has 0 aromatic carbocycles. The van der Waals surface area contributed by atoms with Crippen molar-refractivity contribution in [2.45, 2.75) is 0 Å². The maximum absolute atomic E-state index is 4.53. The Balaban J connectivity index is -0.00000000500. The zero-order chi connectivity index (χ0) is 2.00. The van der Waals surface area contributed by atoms with Crippen LogP contribution in [-0.2, 0) is 17.3 Å². The molecular weight excluding hydrogens is 162 g/mol. The summed E-state index contributed by atoms with van der Waals surface area (Å²) in [5.41, 5.74) is 0. The van der Waals surface area contributed by atoms with Gasteiger partial charge in [-0.1, -0.05) is 0 Å². The van der Waals surface area contributed by atoms with Crippen LogP contribution in [0.4, 0.5) is 0 Å². The van der Waals surface area contributed by atoms with Gasteiger partial charge in [-0.05, 0) is 0 Å². The van der Waals surface area contributed by atoms with Crippen LogP contribution in [0.25, 0.3) is 0 Å². The van der Waals surface area contributed by atoms with Crippen LogP contribution >= 0.6 is 9.69 Å². The van der Waals surface area contributed by atoms with E-state index in [1.165, 1.54) is 0 Å². The van der Waals surface area contributed by atoms with E-state index in [1.807, 2.05) is 17.3 Å². The topological polar surface area (TPSA) is 0 Å². The van der Waals surface area contributed by atoms with Crippen LogP contribution in [0.1, 0.15) is 0 Å². The molecule has 0 fully saturated rings. The summed E-state index contributed by atoms with van der Waals surface area (Å²) in [4.78, 5) is 0. The van der Waals surface area contributed by atoms with Gasteiger partial charge in [-0.3, -0.25) is 0 Å². The second-order valence-corrected chi connectivity index (χ2v) is 0. The monoisotopic (exact) mass is 168 g/mol. The summed E-state index contributed by atoms with van der Waals surface area (Å²) in [5.74, 6) is 0. The maximum atomic E-state index is 4.53. The van der Waals surface area contributed by atoms with Crippen molar-refractivity contribution in [2.24, 2.45) is 0 Å². The van der Waals surface area contributed by atoms with Gasteiger partial charge in [-0.25, -0.2) is 0 Å². The van der Waals surface area contributed by atoms with E-state index in [1.54, 1.807) is 0 Å². The Kier molecular flexibility index (Phi) is 205. The van der Waals surface area contributed by atoms with Crippen LogP contribution < -0.4 is 0 Å². The number of halogens is 1. The van der Waals surface area contributed by atoms with Gasteiger partial charge in [0.15, 0.2) is 0 Å². The molecule has 0 aliphatic heterocycles. The third-order valence-corrected chi connectivity index (χ3v) is 0. The van der Waals surface area contributed by atoms with Gasteiger partial charge in [-0.15, -0.1) is 0 Å². The first-order chi connectivity index (χ1) is 1.00. The minimum absolute atomic E-state index is 0. The van der Waals surface area contributed by atoms with Gasteiger partial charge in [-0.2, -0.15) is 0 Å². The third kappa shape index (κ3) is 12.8. The molecule has 2 heteroatoms. The van der Waals surface area contributed by atoms with Gasteiger partial charge < -0.3 is 14.9 Å². The fourth-order valence-corrected chi connectivity index (χ4v) is 0. The van der Waals surface area contributed by atoms with Crippen molar-refractivity contribution in [2.75, 3.05) is 0 Å². The van der Waals surface area contributed by atoms with Crippen LogP contribution in [0.5, 0.6) is 0 Å². The molecule has 4 heavy (non-hydrogen) atoms. The first-order valence-electron chi connectivity index (χ1n) is 0.126. The molecule has 0 saturated carbocycles. The second-order valence-electron chi connectivity index (χ2n) is 0. The van der Waals surface area contributed by atoms with Gasteiger partial charge in [0, 0.05) is 0 Å². The van der Waals surface area contributed by atoms with Gasteiger partial charge in [0.05, 0.1) is 0 Å². The summed E-state index contributed by atoms with van der Waals surface area (Å²) in [6.07, 6.45) is 0. The van der Waals surface area contributed by atoms with Crippen molar-refractivity contribution in [3.63, 3.8) is 0 Å². The summed E-state index contributed by atoms with van der Waals surface area (Å²) in [6.45, 7) is 0. The SMILES string of the molecule is [CH3-].[CH3-].[Cl][Rh+2]. The molecule has 30 valence electrons. The first kappa shape index (κ1) is 20.6. The van der Waals surface area contributed by atoms with E-state index < -0.39 is 0 Å². The van der Waals surface area contributed by atoms with E-state index in [9.17, 15) is 0 Å². The standard InChI is InChI=1S/2CH3.ClH.Rh/h2*1H3;1H;/q2*-1;;+3/p-1. The molecule has 0 nitrogen and oxygen atoms in total. The van der Waals surface area contributed by atoms with E-state index in [0.717, 1.165) is 0 Å². The summed E-state index contributed by atoms with van der Waals surface area (Å²) in [5, 5.41) is 0. The molecule has 0 aromatic heterocycles. The second kappa shape index (κ2) is 39.8. The minimum atomic E-state index is 0. The molecule has 0 bridgehead atoms. The quantitative estimate of drug-likeness (QED) is 0.381. The molecule has 0 aromatic rings. The molecule has 0 unspecified atom stereocenters. The molecule has 0 N–H and O–H groups in total. The first-order valence-corrected chi connectivity index (χ1v) is 2.24. The normalized spacial score (nSPS) is 1.50. The van der Waals surface area contributed by atoms with Crippen molar-refractivity contribution >= 4 is 9.69 Å². The zero-order valence-corrected chi connectivity index (χ0v) is 5.11. The summed E-state index contributed by atoms with van der Waals surface area (Å²) in [6, 6.07) is 0. The molecule has 0 spiro atoms. The predicted molar refractivity (Wildman–Crippen MR) is 18.7 cm³/mol. The Morgan fingerprint density at radius 2 is 1.00 bits per heavy atom. The van der Waals surface area contributed by atoms with Crippen molar-refractivity contribution in [3.8, 4) is 0 Å². The van der Waals surface area contributed by atoms with E-state index >= 15 is 0 Å². The molecule has 0 saturated heterocycles. The molecule has 0 atom stereocenters. The van der Waals surface area contributed by atoms with Crippen molar-refractivity contribution < 1.29 is 17.3 Å². The van der Waals surface area contributed by atoms with Crippen LogP contribution in [0, 0.1) is 14.9 Å². The number of hydrogen-bond donors (Lipinski definition) is 0. The molecule has 0 aliphatic rings.